The Morgan fingerprint density at radius 3 is 2.92 bits per heavy atom. The fraction of sp³-hybridized carbons (Fsp3) is 0.222. The third kappa shape index (κ3) is 2.88. The largest absolute Gasteiger partial charge is 0.197 e. The monoisotopic (exact) mass is 241 g/mol. The topological polar surface area (TPSA) is 23.8 Å². The van der Waals surface area contributed by atoms with Gasteiger partial charge in [0.25, 0.3) is 0 Å². The predicted molar refractivity (Wildman–Crippen MR) is 55.1 cm³/mol. The molecule has 1 rings (SSSR count). The number of nitriles is 1. The van der Waals surface area contributed by atoms with Crippen molar-refractivity contribution >= 4 is 27.7 Å². The third-order valence-electron chi connectivity index (χ3n) is 1.29. The zero-order chi connectivity index (χ0) is 8.97. The summed E-state index contributed by atoms with van der Waals surface area (Å²) in [6.07, 6.45) is 0. The fourth-order valence-corrected chi connectivity index (χ4v) is 2.13. The molecule has 3 heteroatoms. The molecule has 0 saturated carbocycles. The van der Waals surface area contributed by atoms with E-state index >= 15 is 0 Å². The van der Waals surface area contributed by atoms with Crippen LogP contribution in [-0.4, -0.2) is 5.25 Å². The molecule has 12 heavy (non-hydrogen) atoms. The number of nitrogens with zero attached hydrogens (tertiary/aromatic N) is 1. The summed E-state index contributed by atoms with van der Waals surface area (Å²) in [5, 5.41) is 8.60. The SMILES string of the molecule is C[C@@H](C#N)Sc1cccc(Br)c1. The van der Waals surface area contributed by atoms with Crippen LogP contribution in [0.4, 0.5) is 0 Å². The molecule has 0 N–H and O–H groups in total. The fourth-order valence-electron chi connectivity index (χ4n) is 0.771. The average Bonchev–Trinajstić information content (AvgIpc) is 2.04. The molecule has 62 valence electrons. The zero-order valence-electron chi connectivity index (χ0n) is 6.62. The van der Waals surface area contributed by atoms with Crippen molar-refractivity contribution in [2.24, 2.45) is 0 Å². The van der Waals surface area contributed by atoms with Gasteiger partial charge in [0.1, 0.15) is 0 Å². The first-order valence-corrected chi connectivity index (χ1v) is 5.21. The molecule has 0 fully saturated rings. The van der Waals surface area contributed by atoms with E-state index in [9.17, 15) is 0 Å². The number of thioether (sulfide) groups is 1. The van der Waals surface area contributed by atoms with Gasteiger partial charge in [0.2, 0.25) is 0 Å². The van der Waals surface area contributed by atoms with E-state index in [2.05, 4.69) is 22.0 Å². The molecule has 1 aromatic carbocycles. The Bertz CT molecular complexity index is 306. The molecule has 0 saturated heterocycles. The number of rotatable bonds is 2. The first-order chi connectivity index (χ1) is 5.72. The van der Waals surface area contributed by atoms with Crippen LogP contribution in [-0.2, 0) is 0 Å². The molecule has 0 aromatic heterocycles. The van der Waals surface area contributed by atoms with Crippen molar-refractivity contribution < 1.29 is 0 Å². The van der Waals surface area contributed by atoms with Crippen LogP contribution in [0.25, 0.3) is 0 Å². The molecule has 0 bridgehead atoms. The van der Waals surface area contributed by atoms with Gasteiger partial charge in [-0.25, -0.2) is 0 Å². The molecule has 1 aromatic rings. The number of benzene rings is 1. The molecule has 0 aliphatic rings. The lowest BCUT2D eigenvalue weighted by atomic mass is 10.4. The van der Waals surface area contributed by atoms with Gasteiger partial charge in [0.05, 0.1) is 11.3 Å². The maximum absolute atomic E-state index is 8.58. The van der Waals surface area contributed by atoms with E-state index in [4.69, 9.17) is 5.26 Å². The van der Waals surface area contributed by atoms with Gasteiger partial charge in [-0.05, 0) is 25.1 Å². The summed E-state index contributed by atoms with van der Waals surface area (Å²) in [6, 6.07) is 10.1. The summed E-state index contributed by atoms with van der Waals surface area (Å²) in [4.78, 5) is 1.12. The van der Waals surface area contributed by atoms with Crippen molar-refractivity contribution in [2.45, 2.75) is 17.1 Å². The van der Waals surface area contributed by atoms with Gasteiger partial charge < -0.3 is 0 Å². The van der Waals surface area contributed by atoms with Crippen LogP contribution < -0.4 is 0 Å². The summed E-state index contributed by atoms with van der Waals surface area (Å²) in [6.45, 7) is 1.89. The number of halogens is 1. The van der Waals surface area contributed by atoms with E-state index in [0.717, 1.165) is 9.37 Å². The predicted octanol–water partition coefficient (Wildman–Crippen LogP) is 3.45. The number of hydrogen-bond donors (Lipinski definition) is 0. The van der Waals surface area contributed by atoms with Crippen molar-refractivity contribution in [1.29, 1.82) is 5.26 Å². The van der Waals surface area contributed by atoms with E-state index in [1.54, 1.807) is 11.8 Å². The quantitative estimate of drug-likeness (QED) is 0.741. The number of hydrogen-bond acceptors (Lipinski definition) is 2. The summed E-state index contributed by atoms with van der Waals surface area (Å²) in [5.74, 6) is 0. The van der Waals surface area contributed by atoms with Crippen LogP contribution >= 0.6 is 27.7 Å². The minimum absolute atomic E-state index is 0.0132. The van der Waals surface area contributed by atoms with Crippen LogP contribution in [0.2, 0.25) is 0 Å². The lowest BCUT2D eigenvalue weighted by Crippen LogP contribution is -1.88. The molecule has 0 spiro atoms. The molecular formula is C9H8BrNS. The van der Waals surface area contributed by atoms with Crippen molar-refractivity contribution in [3.8, 4) is 6.07 Å². The van der Waals surface area contributed by atoms with Crippen LogP contribution in [0.1, 0.15) is 6.92 Å². The van der Waals surface area contributed by atoms with Gasteiger partial charge >= 0.3 is 0 Å². The molecule has 0 unspecified atom stereocenters. The molecule has 0 aliphatic heterocycles. The molecule has 0 heterocycles. The first-order valence-electron chi connectivity index (χ1n) is 3.54. The van der Waals surface area contributed by atoms with E-state index in [0.29, 0.717) is 0 Å². The second-order valence-electron chi connectivity index (χ2n) is 2.35. The van der Waals surface area contributed by atoms with Gasteiger partial charge in [-0.2, -0.15) is 5.26 Å². The molecule has 1 atom stereocenters. The van der Waals surface area contributed by atoms with Crippen LogP contribution in [0.5, 0.6) is 0 Å². The highest BCUT2D eigenvalue weighted by molar-refractivity contribution is 9.10. The van der Waals surface area contributed by atoms with Crippen molar-refractivity contribution in [3.05, 3.63) is 28.7 Å². The van der Waals surface area contributed by atoms with Gasteiger partial charge in [-0.15, -0.1) is 11.8 Å². The molecule has 1 nitrogen and oxygen atoms in total. The second kappa shape index (κ2) is 4.54. The highest BCUT2D eigenvalue weighted by Crippen LogP contribution is 2.25. The van der Waals surface area contributed by atoms with E-state index in [1.807, 2.05) is 31.2 Å². The maximum atomic E-state index is 8.58. The summed E-state index contributed by atoms with van der Waals surface area (Å²) in [7, 11) is 0. The average molecular weight is 242 g/mol. The van der Waals surface area contributed by atoms with Crippen LogP contribution in [0, 0.1) is 11.3 Å². The second-order valence-corrected chi connectivity index (χ2v) is 4.68. The van der Waals surface area contributed by atoms with Crippen LogP contribution in [0.3, 0.4) is 0 Å². The van der Waals surface area contributed by atoms with Gasteiger partial charge in [0.15, 0.2) is 0 Å². The van der Waals surface area contributed by atoms with Gasteiger partial charge in [0, 0.05) is 9.37 Å². The molecule has 0 radical (unpaired) electrons. The zero-order valence-corrected chi connectivity index (χ0v) is 9.02. The highest BCUT2D eigenvalue weighted by Gasteiger charge is 2.01. The Balaban J connectivity index is 2.71. The summed E-state index contributed by atoms with van der Waals surface area (Å²) < 4.78 is 1.05. The van der Waals surface area contributed by atoms with Crippen molar-refractivity contribution in [2.75, 3.05) is 0 Å². The van der Waals surface area contributed by atoms with E-state index in [1.165, 1.54) is 0 Å². The van der Waals surface area contributed by atoms with Crippen LogP contribution in [0.15, 0.2) is 33.6 Å². The summed E-state index contributed by atoms with van der Waals surface area (Å²) >= 11 is 4.94. The first kappa shape index (κ1) is 9.63. The minimum Gasteiger partial charge on any atom is -0.197 e. The normalized spacial score (nSPS) is 12.1. The standard InChI is InChI=1S/C9H8BrNS/c1-7(6-11)12-9-4-2-3-8(10)5-9/h2-5,7H,1H3/t7-/m0/s1. The Morgan fingerprint density at radius 1 is 1.58 bits per heavy atom. The Hall–Kier alpha value is -0.460. The smallest absolute Gasteiger partial charge is 0.0935 e. The minimum atomic E-state index is 0.0132. The van der Waals surface area contributed by atoms with Gasteiger partial charge in [-0.3, -0.25) is 0 Å². The van der Waals surface area contributed by atoms with Gasteiger partial charge in [-0.1, -0.05) is 22.0 Å². The van der Waals surface area contributed by atoms with E-state index < -0.39 is 0 Å². The Kier molecular flexibility index (Phi) is 3.64. The maximum Gasteiger partial charge on any atom is 0.0935 e. The van der Waals surface area contributed by atoms with E-state index in [-0.39, 0.29) is 5.25 Å². The Morgan fingerprint density at radius 2 is 2.33 bits per heavy atom. The highest BCUT2D eigenvalue weighted by atomic mass is 79.9. The van der Waals surface area contributed by atoms with Crippen molar-refractivity contribution in [3.63, 3.8) is 0 Å². The Labute approximate surface area is 84.9 Å². The van der Waals surface area contributed by atoms with Crippen molar-refractivity contribution in [1.82, 2.24) is 0 Å². The summed E-state index contributed by atoms with van der Waals surface area (Å²) in [5.41, 5.74) is 0. The molecular weight excluding hydrogens is 234 g/mol. The third-order valence-corrected chi connectivity index (χ3v) is 2.77. The lowest BCUT2D eigenvalue weighted by molar-refractivity contribution is 1.23. The molecule has 0 amide bonds. The lowest BCUT2D eigenvalue weighted by Gasteiger charge is -2.01. The molecule has 0 aliphatic carbocycles.